The highest BCUT2D eigenvalue weighted by Gasteiger charge is 2.34. The summed E-state index contributed by atoms with van der Waals surface area (Å²) in [4.78, 5) is 28.3. The molecule has 0 spiro atoms. The van der Waals surface area contributed by atoms with E-state index in [1.165, 1.54) is 21.3 Å². The number of carbonyl (C=O) groups is 1. The van der Waals surface area contributed by atoms with Gasteiger partial charge in [0.2, 0.25) is 11.7 Å². The quantitative estimate of drug-likeness (QED) is 0.726. The zero-order valence-corrected chi connectivity index (χ0v) is 15.8. The third-order valence-corrected chi connectivity index (χ3v) is 5.01. The minimum Gasteiger partial charge on any atom is -0.493 e. The topological polar surface area (TPSA) is 89.7 Å². The van der Waals surface area contributed by atoms with Crippen LogP contribution in [0.3, 0.4) is 0 Å². The molecule has 0 fully saturated rings. The van der Waals surface area contributed by atoms with Crippen LogP contribution in [0.15, 0.2) is 41.2 Å². The normalized spacial score (nSPS) is 15.7. The van der Waals surface area contributed by atoms with Crippen molar-refractivity contribution >= 4 is 22.5 Å². The molecule has 144 valence electrons. The van der Waals surface area contributed by atoms with Gasteiger partial charge in [0, 0.05) is 46.6 Å². The van der Waals surface area contributed by atoms with Crippen LogP contribution in [0.25, 0.3) is 10.9 Å². The predicted octanol–water partition coefficient (Wildman–Crippen LogP) is 3.03. The van der Waals surface area contributed by atoms with Crippen LogP contribution in [0.2, 0.25) is 0 Å². The summed E-state index contributed by atoms with van der Waals surface area (Å²) >= 11 is 0. The second-order valence-electron chi connectivity index (χ2n) is 6.55. The van der Waals surface area contributed by atoms with E-state index >= 15 is 0 Å². The Labute approximate surface area is 161 Å². The Morgan fingerprint density at radius 3 is 2.43 bits per heavy atom. The van der Waals surface area contributed by atoms with E-state index in [1.54, 1.807) is 18.2 Å². The van der Waals surface area contributed by atoms with E-state index in [0.29, 0.717) is 34.0 Å². The molecule has 2 heterocycles. The number of aromatic nitrogens is 1. The van der Waals surface area contributed by atoms with E-state index < -0.39 is 5.92 Å². The SMILES string of the molecule is COc1cc2c(c(OC)c1OC)C(c1cc(=O)c3ccccc3[nH]1)CC(=O)N2. The number of ether oxygens (including phenoxy) is 3. The van der Waals surface area contributed by atoms with Crippen LogP contribution in [-0.2, 0) is 4.79 Å². The van der Waals surface area contributed by atoms with Crippen LogP contribution >= 0.6 is 0 Å². The first-order chi connectivity index (χ1) is 13.6. The zero-order chi connectivity index (χ0) is 19.8. The number of nitrogens with one attached hydrogen (secondary N) is 2. The van der Waals surface area contributed by atoms with Crippen molar-refractivity contribution in [3.8, 4) is 17.2 Å². The maximum Gasteiger partial charge on any atom is 0.225 e. The highest BCUT2D eigenvalue weighted by atomic mass is 16.5. The third kappa shape index (κ3) is 2.76. The summed E-state index contributed by atoms with van der Waals surface area (Å²) in [6.07, 6.45) is 0.174. The van der Waals surface area contributed by atoms with E-state index in [4.69, 9.17) is 14.2 Å². The molecule has 0 saturated heterocycles. The van der Waals surface area contributed by atoms with Crippen LogP contribution < -0.4 is 25.0 Å². The van der Waals surface area contributed by atoms with Crippen molar-refractivity contribution in [3.05, 3.63) is 57.9 Å². The molecule has 4 rings (SSSR count). The Hall–Kier alpha value is -3.48. The Balaban J connectivity index is 1.99. The molecule has 0 bridgehead atoms. The maximum atomic E-state index is 12.6. The zero-order valence-electron chi connectivity index (χ0n) is 15.8. The highest BCUT2D eigenvalue weighted by molar-refractivity contribution is 5.97. The second-order valence-corrected chi connectivity index (χ2v) is 6.55. The monoisotopic (exact) mass is 380 g/mol. The lowest BCUT2D eigenvalue weighted by atomic mass is 9.86. The van der Waals surface area contributed by atoms with Crippen LogP contribution in [0.5, 0.6) is 17.2 Å². The summed E-state index contributed by atoms with van der Waals surface area (Å²) in [5.41, 5.74) is 2.58. The molecule has 7 nitrogen and oxygen atoms in total. The highest BCUT2D eigenvalue weighted by Crippen LogP contribution is 2.50. The Bertz CT molecular complexity index is 1140. The van der Waals surface area contributed by atoms with Gasteiger partial charge in [-0.25, -0.2) is 0 Å². The van der Waals surface area contributed by atoms with Crippen LogP contribution in [-0.4, -0.2) is 32.2 Å². The number of carbonyl (C=O) groups excluding carboxylic acids is 1. The number of H-pyrrole nitrogens is 1. The van der Waals surface area contributed by atoms with Crippen LogP contribution in [0, 0.1) is 0 Å². The molecular formula is C21H20N2O5. The van der Waals surface area contributed by atoms with Gasteiger partial charge in [-0.3, -0.25) is 9.59 Å². The number of hydrogen-bond donors (Lipinski definition) is 2. The molecule has 28 heavy (non-hydrogen) atoms. The second kappa shape index (κ2) is 6.92. The first-order valence-corrected chi connectivity index (χ1v) is 8.82. The van der Waals surface area contributed by atoms with E-state index in [0.717, 1.165) is 11.1 Å². The number of fused-ring (bicyclic) bond motifs is 2. The molecule has 3 aromatic rings. The Morgan fingerprint density at radius 2 is 1.71 bits per heavy atom. The van der Waals surface area contributed by atoms with Crippen LogP contribution in [0.1, 0.15) is 23.6 Å². The minimum atomic E-state index is -0.393. The Morgan fingerprint density at radius 1 is 0.964 bits per heavy atom. The summed E-state index contributed by atoms with van der Waals surface area (Å²) < 4.78 is 16.5. The van der Waals surface area contributed by atoms with Crippen molar-refractivity contribution < 1.29 is 19.0 Å². The molecule has 1 amide bonds. The molecule has 2 N–H and O–H groups in total. The van der Waals surface area contributed by atoms with Gasteiger partial charge in [-0.1, -0.05) is 12.1 Å². The fourth-order valence-electron chi connectivity index (χ4n) is 3.79. The number of anilines is 1. The van der Waals surface area contributed by atoms with Crippen molar-refractivity contribution in [2.24, 2.45) is 0 Å². The molecule has 1 aromatic heterocycles. The third-order valence-electron chi connectivity index (χ3n) is 5.01. The summed E-state index contributed by atoms with van der Waals surface area (Å²) in [7, 11) is 4.59. The fraction of sp³-hybridized carbons (Fsp3) is 0.238. The summed E-state index contributed by atoms with van der Waals surface area (Å²) in [5.74, 6) is 0.812. The van der Waals surface area contributed by atoms with Crippen molar-refractivity contribution in [2.45, 2.75) is 12.3 Å². The van der Waals surface area contributed by atoms with Crippen molar-refractivity contribution in [1.29, 1.82) is 0 Å². The van der Waals surface area contributed by atoms with Crippen molar-refractivity contribution in [3.63, 3.8) is 0 Å². The van der Waals surface area contributed by atoms with Gasteiger partial charge in [0.15, 0.2) is 16.9 Å². The van der Waals surface area contributed by atoms with Gasteiger partial charge in [-0.05, 0) is 12.1 Å². The molecule has 2 aromatic carbocycles. The molecular weight excluding hydrogens is 360 g/mol. The summed E-state index contributed by atoms with van der Waals surface area (Å²) in [6, 6.07) is 10.5. The molecule has 1 unspecified atom stereocenters. The maximum absolute atomic E-state index is 12.6. The van der Waals surface area contributed by atoms with E-state index in [-0.39, 0.29) is 17.8 Å². The molecule has 7 heteroatoms. The largest absolute Gasteiger partial charge is 0.493 e. The number of pyridine rings is 1. The molecule has 0 saturated carbocycles. The number of hydrogen-bond acceptors (Lipinski definition) is 5. The summed E-state index contributed by atoms with van der Waals surface area (Å²) in [5, 5.41) is 3.47. The van der Waals surface area contributed by atoms with E-state index in [2.05, 4.69) is 10.3 Å². The fourth-order valence-corrected chi connectivity index (χ4v) is 3.79. The molecule has 1 aliphatic heterocycles. The number of methoxy groups -OCH3 is 3. The number of benzene rings is 2. The minimum absolute atomic E-state index is 0.101. The number of para-hydroxylation sites is 1. The van der Waals surface area contributed by atoms with Gasteiger partial charge in [-0.2, -0.15) is 0 Å². The van der Waals surface area contributed by atoms with Gasteiger partial charge < -0.3 is 24.5 Å². The van der Waals surface area contributed by atoms with Crippen molar-refractivity contribution in [2.75, 3.05) is 26.6 Å². The number of aromatic amines is 1. The molecule has 1 atom stereocenters. The van der Waals surface area contributed by atoms with Crippen LogP contribution in [0.4, 0.5) is 5.69 Å². The lowest BCUT2D eigenvalue weighted by molar-refractivity contribution is -0.116. The lowest BCUT2D eigenvalue weighted by Gasteiger charge is -2.29. The lowest BCUT2D eigenvalue weighted by Crippen LogP contribution is -2.25. The van der Waals surface area contributed by atoms with E-state index in [1.807, 2.05) is 18.2 Å². The molecule has 0 aliphatic carbocycles. The first kappa shape index (κ1) is 17.9. The smallest absolute Gasteiger partial charge is 0.225 e. The van der Waals surface area contributed by atoms with Gasteiger partial charge in [-0.15, -0.1) is 0 Å². The number of amides is 1. The first-order valence-electron chi connectivity index (χ1n) is 8.82. The average molecular weight is 380 g/mol. The average Bonchev–Trinajstić information content (AvgIpc) is 2.71. The molecule has 1 aliphatic rings. The Kier molecular flexibility index (Phi) is 4.43. The summed E-state index contributed by atoms with van der Waals surface area (Å²) in [6.45, 7) is 0. The van der Waals surface area contributed by atoms with Gasteiger partial charge in [0.25, 0.3) is 0 Å². The van der Waals surface area contributed by atoms with Gasteiger partial charge in [0.05, 0.1) is 27.0 Å². The van der Waals surface area contributed by atoms with Gasteiger partial charge >= 0.3 is 0 Å². The van der Waals surface area contributed by atoms with Crippen molar-refractivity contribution in [1.82, 2.24) is 4.98 Å². The van der Waals surface area contributed by atoms with Gasteiger partial charge in [0.1, 0.15) is 0 Å². The standard InChI is InChI=1S/C21H20N2O5/c1-26-17-10-15-19(21(28-3)20(17)27-2)12(8-18(25)23-15)14-9-16(24)11-6-4-5-7-13(11)22-14/h4-7,9-10,12H,8H2,1-3H3,(H,22,24)(H,23,25). The van der Waals surface area contributed by atoms with E-state index in [9.17, 15) is 9.59 Å². The number of rotatable bonds is 4. The predicted molar refractivity (Wildman–Crippen MR) is 106 cm³/mol. The molecule has 0 radical (unpaired) electrons.